The van der Waals surface area contributed by atoms with Gasteiger partial charge in [0.1, 0.15) is 11.5 Å². The summed E-state index contributed by atoms with van der Waals surface area (Å²) in [6.07, 6.45) is -4.21. The van der Waals surface area contributed by atoms with Crippen molar-refractivity contribution in [1.29, 1.82) is 0 Å². The molecular formula is C18H14ClF3N4O3S. The minimum atomic E-state index is -4.68. The van der Waals surface area contributed by atoms with Gasteiger partial charge in [-0.15, -0.1) is 0 Å². The van der Waals surface area contributed by atoms with Crippen LogP contribution in [0.1, 0.15) is 11.3 Å². The largest absolute Gasteiger partial charge is 0.432 e. The molecule has 12 heteroatoms. The number of sulfonamides is 1. The fourth-order valence-corrected chi connectivity index (χ4v) is 3.62. The molecule has 2 aromatic carbocycles. The molecular weight excluding hydrogens is 445 g/mol. The number of hydrogen-bond acceptors (Lipinski definition) is 4. The fourth-order valence-electron chi connectivity index (χ4n) is 2.65. The molecule has 0 aliphatic rings. The van der Waals surface area contributed by atoms with E-state index in [1.165, 1.54) is 12.1 Å². The number of benzene rings is 2. The van der Waals surface area contributed by atoms with Crippen molar-refractivity contribution in [1.82, 2.24) is 9.97 Å². The second kappa shape index (κ2) is 8.09. The highest BCUT2D eigenvalue weighted by molar-refractivity contribution is 7.89. The quantitative estimate of drug-likeness (QED) is 0.541. The Morgan fingerprint density at radius 2 is 1.90 bits per heavy atom. The first-order valence-corrected chi connectivity index (χ1v) is 10.2. The van der Waals surface area contributed by atoms with E-state index >= 15 is 0 Å². The highest BCUT2D eigenvalue weighted by Crippen LogP contribution is 2.32. The minimum Gasteiger partial charge on any atom is -0.334 e. The summed E-state index contributed by atoms with van der Waals surface area (Å²) in [5.41, 5.74) is -0.662. The lowest BCUT2D eigenvalue weighted by Crippen LogP contribution is -2.17. The van der Waals surface area contributed by atoms with Crippen LogP contribution in [0.3, 0.4) is 0 Å². The SMILES string of the molecule is NS(=O)(=O)c1cc(NC(=O)Cc2ccccc2Cl)ccc1-c1ncc(C(F)(F)F)[nH]1. The number of nitrogens with two attached hydrogens (primary N) is 1. The van der Waals surface area contributed by atoms with Crippen LogP contribution in [-0.2, 0) is 27.4 Å². The van der Waals surface area contributed by atoms with Crippen LogP contribution < -0.4 is 10.5 Å². The predicted octanol–water partition coefficient (Wildman–Crippen LogP) is 3.58. The van der Waals surface area contributed by atoms with Gasteiger partial charge in [0.25, 0.3) is 0 Å². The van der Waals surface area contributed by atoms with E-state index < -0.39 is 32.7 Å². The van der Waals surface area contributed by atoms with Gasteiger partial charge in [-0.1, -0.05) is 29.8 Å². The summed E-state index contributed by atoms with van der Waals surface area (Å²) in [7, 11) is -4.35. The van der Waals surface area contributed by atoms with E-state index in [9.17, 15) is 26.4 Å². The summed E-state index contributed by atoms with van der Waals surface area (Å²) in [6.45, 7) is 0. The number of imidazole rings is 1. The topological polar surface area (TPSA) is 118 Å². The molecule has 0 fully saturated rings. The van der Waals surface area contributed by atoms with Crippen LogP contribution in [0.4, 0.5) is 18.9 Å². The molecule has 0 atom stereocenters. The van der Waals surface area contributed by atoms with Crippen molar-refractivity contribution in [2.45, 2.75) is 17.5 Å². The van der Waals surface area contributed by atoms with Crippen molar-refractivity contribution in [2.75, 3.05) is 5.32 Å². The van der Waals surface area contributed by atoms with Crippen molar-refractivity contribution in [3.63, 3.8) is 0 Å². The van der Waals surface area contributed by atoms with E-state index in [0.717, 1.165) is 6.07 Å². The fraction of sp³-hybridized carbons (Fsp3) is 0.111. The smallest absolute Gasteiger partial charge is 0.334 e. The molecule has 0 saturated heterocycles. The van der Waals surface area contributed by atoms with E-state index in [-0.39, 0.29) is 23.5 Å². The van der Waals surface area contributed by atoms with Gasteiger partial charge in [0.15, 0.2) is 0 Å². The standard InChI is InChI=1S/C18H14ClF3N4O3S/c19-13-4-2-1-3-10(13)7-16(27)25-11-5-6-12(14(8-11)30(23,28)29)17-24-9-15(26-17)18(20,21)22/h1-6,8-9H,7H2,(H,24,26)(H,25,27)(H2,23,28,29). The molecule has 0 bridgehead atoms. The third-order valence-corrected chi connectivity index (χ3v) is 5.34. The highest BCUT2D eigenvalue weighted by atomic mass is 35.5. The Hall–Kier alpha value is -2.89. The van der Waals surface area contributed by atoms with Gasteiger partial charge < -0.3 is 10.3 Å². The minimum absolute atomic E-state index is 0.0702. The Bertz CT molecular complexity index is 1210. The Balaban J connectivity index is 1.91. The summed E-state index contributed by atoms with van der Waals surface area (Å²) in [6, 6.07) is 10.3. The van der Waals surface area contributed by atoms with Crippen molar-refractivity contribution in [3.8, 4) is 11.4 Å². The first-order chi connectivity index (χ1) is 13.9. The van der Waals surface area contributed by atoms with Crippen LogP contribution in [0.25, 0.3) is 11.4 Å². The molecule has 0 aliphatic heterocycles. The van der Waals surface area contributed by atoms with Gasteiger partial charge in [0, 0.05) is 16.3 Å². The summed E-state index contributed by atoms with van der Waals surface area (Å²) < 4.78 is 62.4. The Kier molecular flexibility index (Phi) is 5.88. The highest BCUT2D eigenvalue weighted by Gasteiger charge is 2.33. The van der Waals surface area contributed by atoms with Crippen molar-refractivity contribution < 1.29 is 26.4 Å². The second-order valence-electron chi connectivity index (χ2n) is 6.22. The summed E-state index contributed by atoms with van der Waals surface area (Å²) in [5, 5.41) is 8.11. The number of carbonyl (C=O) groups excluding carboxylic acids is 1. The van der Waals surface area contributed by atoms with E-state index in [1.807, 2.05) is 4.98 Å². The Morgan fingerprint density at radius 1 is 1.20 bits per heavy atom. The molecule has 7 nitrogen and oxygen atoms in total. The molecule has 1 aromatic heterocycles. The first-order valence-electron chi connectivity index (χ1n) is 8.28. The molecule has 0 saturated carbocycles. The van der Waals surface area contributed by atoms with Crippen LogP contribution in [0.2, 0.25) is 5.02 Å². The van der Waals surface area contributed by atoms with Gasteiger partial charge in [0.05, 0.1) is 17.5 Å². The maximum absolute atomic E-state index is 12.8. The predicted molar refractivity (Wildman–Crippen MR) is 104 cm³/mol. The number of halogens is 4. The van der Waals surface area contributed by atoms with E-state index in [0.29, 0.717) is 16.8 Å². The third kappa shape index (κ3) is 4.99. The molecule has 30 heavy (non-hydrogen) atoms. The van der Waals surface area contributed by atoms with Crippen LogP contribution in [0.15, 0.2) is 53.6 Å². The van der Waals surface area contributed by atoms with Gasteiger partial charge in [-0.3, -0.25) is 4.79 Å². The van der Waals surface area contributed by atoms with Gasteiger partial charge in [-0.25, -0.2) is 18.5 Å². The number of anilines is 1. The zero-order chi connectivity index (χ0) is 22.1. The normalized spacial score (nSPS) is 12.0. The average Bonchev–Trinajstić information content (AvgIpc) is 3.13. The molecule has 0 spiro atoms. The van der Waals surface area contributed by atoms with Crippen molar-refractivity contribution >= 4 is 33.2 Å². The van der Waals surface area contributed by atoms with Crippen LogP contribution in [0, 0.1) is 0 Å². The Morgan fingerprint density at radius 3 is 2.50 bits per heavy atom. The molecule has 4 N–H and O–H groups in total. The number of rotatable bonds is 5. The van der Waals surface area contributed by atoms with Crippen molar-refractivity contribution in [3.05, 3.63) is 64.9 Å². The van der Waals surface area contributed by atoms with E-state index in [2.05, 4.69) is 10.3 Å². The lowest BCUT2D eigenvalue weighted by molar-refractivity contribution is -0.140. The number of hydrogen-bond donors (Lipinski definition) is 3. The zero-order valence-electron chi connectivity index (χ0n) is 15.0. The number of carbonyl (C=O) groups is 1. The molecule has 0 unspecified atom stereocenters. The van der Waals surface area contributed by atoms with E-state index in [4.69, 9.17) is 16.7 Å². The first kappa shape index (κ1) is 21.8. The molecule has 3 rings (SSSR count). The number of alkyl halides is 3. The number of aromatic amines is 1. The summed E-state index contributed by atoms with van der Waals surface area (Å²) >= 11 is 6.01. The summed E-state index contributed by atoms with van der Waals surface area (Å²) in [5.74, 6) is -0.811. The Labute approximate surface area is 174 Å². The molecule has 3 aromatic rings. The lowest BCUT2D eigenvalue weighted by Gasteiger charge is -2.11. The number of primary sulfonamides is 1. The number of H-pyrrole nitrogens is 1. The van der Waals surface area contributed by atoms with Gasteiger partial charge >= 0.3 is 6.18 Å². The number of aromatic nitrogens is 2. The van der Waals surface area contributed by atoms with Crippen LogP contribution in [-0.4, -0.2) is 24.3 Å². The van der Waals surface area contributed by atoms with Gasteiger partial charge in [0.2, 0.25) is 15.9 Å². The molecule has 1 amide bonds. The van der Waals surface area contributed by atoms with Gasteiger partial charge in [-0.05, 0) is 29.8 Å². The zero-order valence-corrected chi connectivity index (χ0v) is 16.6. The van der Waals surface area contributed by atoms with Crippen molar-refractivity contribution in [2.24, 2.45) is 5.14 Å². The maximum Gasteiger partial charge on any atom is 0.432 e. The van der Waals surface area contributed by atoms with Gasteiger partial charge in [-0.2, -0.15) is 13.2 Å². The number of nitrogens with zero attached hydrogens (tertiary/aromatic N) is 1. The maximum atomic E-state index is 12.8. The number of amides is 1. The number of nitrogens with one attached hydrogen (secondary N) is 2. The third-order valence-electron chi connectivity index (χ3n) is 4.02. The second-order valence-corrected chi connectivity index (χ2v) is 8.15. The van der Waals surface area contributed by atoms with E-state index in [1.54, 1.807) is 24.3 Å². The monoisotopic (exact) mass is 458 g/mol. The molecule has 158 valence electrons. The molecule has 0 aliphatic carbocycles. The van der Waals surface area contributed by atoms with Crippen LogP contribution in [0.5, 0.6) is 0 Å². The van der Waals surface area contributed by atoms with Crippen LogP contribution >= 0.6 is 11.6 Å². The molecule has 1 heterocycles. The lowest BCUT2D eigenvalue weighted by atomic mass is 10.1. The average molecular weight is 459 g/mol. The molecule has 0 radical (unpaired) electrons. The summed E-state index contributed by atoms with van der Waals surface area (Å²) in [4.78, 5) is 17.4.